The minimum atomic E-state index is -0.138. The van der Waals surface area contributed by atoms with Crippen molar-refractivity contribution in [3.63, 3.8) is 0 Å². The number of hydrogen-bond donors (Lipinski definition) is 2. The van der Waals surface area contributed by atoms with Crippen LogP contribution in [0, 0.1) is 5.92 Å². The zero-order valence-electron chi connectivity index (χ0n) is 11.8. The quantitative estimate of drug-likeness (QED) is 0.813. The van der Waals surface area contributed by atoms with Crippen LogP contribution in [0.3, 0.4) is 0 Å². The molecule has 112 valence electrons. The number of aliphatic hydroxyl groups is 1. The van der Waals surface area contributed by atoms with Gasteiger partial charge in [0.25, 0.3) is 0 Å². The minimum absolute atomic E-state index is 0.000251. The SMILES string of the molecule is O=C1CC(CBr)CN1C(CO)Cc1c[nH]c2ccccc12. The van der Waals surface area contributed by atoms with Gasteiger partial charge in [-0.05, 0) is 24.0 Å². The number of halogens is 1. The van der Waals surface area contributed by atoms with E-state index >= 15 is 0 Å². The number of rotatable bonds is 5. The topological polar surface area (TPSA) is 56.3 Å². The number of nitrogens with one attached hydrogen (secondary N) is 1. The van der Waals surface area contributed by atoms with Gasteiger partial charge < -0.3 is 15.0 Å². The molecule has 5 heteroatoms. The van der Waals surface area contributed by atoms with Gasteiger partial charge in [0, 0.05) is 35.4 Å². The number of nitrogens with zero attached hydrogens (tertiary/aromatic N) is 1. The molecule has 0 spiro atoms. The van der Waals surface area contributed by atoms with Crippen molar-refractivity contribution in [3.05, 3.63) is 36.0 Å². The Morgan fingerprint density at radius 3 is 2.95 bits per heavy atom. The van der Waals surface area contributed by atoms with Crippen molar-refractivity contribution < 1.29 is 9.90 Å². The molecule has 2 unspecified atom stereocenters. The van der Waals surface area contributed by atoms with Gasteiger partial charge in [-0.15, -0.1) is 0 Å². The molecule has 2 heterocycles. The first kappa shape index (κ1) is 14.6. The highest BCUT2D eigenvalue weighted by atomic mass is 79.9. The fraction of sp³-hybridized carbons (Fsp3) is 0.438. The summed E-state index contributed by atoms with van der Waals surface area (Å²) in [4.78, 5) is 17.2. The number of aromatic nitrogens is 1. The number of H-pyrrole nitrogens is 1. The van der Waals surface area contributed by atoms with Gasteiger partial charge in [-0.1, -0.05) is 34.1 Å². The molecular weight excluding hydrogens is 332 g/mol. The smallest absolute Gasteiger partial charge is 0.223 e. The van der Waals surface area contributed by atoms with Crippen molar-refractivity contribution in [1.29, 1.82) is 0 Å². The number of hydrogen-bond acceptors (Lipinski definition) is 2. The molecule has 0 bridgehead atoms. The van der Waals surface area contributed by atoms with Gasteiger partial charge in [-0.3, -0.25) is 4.79 Å². The van der Waals surface area contributed by atoms with Crippen molar-refractivity contribution >= 4 is 32.7 Å². The third kappa shape index (κ3) is 2.85. The van der Waals surface area contributed by atoms with Gasteiger partial charge in [0.2, 0.25) is 5.91 Å². The molecule has 1 amide bonds. The molecule has 2 N–H and O–H groups in total. The highest BCUT2D eigenvalue weighted by Crippen LogP contribution is 2.25. The summed E-state index contributed by atoms with van der Waals surface area (Å²) in [6.45, 7) is 0.734. The Balaban J connectivity index is 1.80. The molecule has 1 aromatic heterocycles. The summed E-state index contributed by atoms with van der Waals surface area (Å²) in [5.41, 5.74) is 2.25. The molecule has 1 aliphatic heterocycles. The average Bonchev–Trinajstić information content (AvgIpc) is 3.08. The van der Waals surface area contributed by atoms with Gasteiger partial charge in [0.1, 0.15) is 0 Å². The second-order valence-electron chi connectivity index (χ2n) is 5.67. The Kier molecular flexibility index (Phi) is 4.31. The first-order valence-electron chi connectivity index (χ1n) is 7.24. The maximum absolute atomic E-state index is 12.1. The number of alkyl halides is 1. The number of likely N-dealkylation sites (tertiary alicyclic amines) is 1. The Labute approximate surface area is 132 Å². The summed E-state index contributed by atoms with van der Waals surface area (Å²) < 4.78 is 0. The van der Waals surface area contributed by atoms with E-state index in [1.807, 2.05) is 29.3 Å². The molecule has 1 aromatic carbocycles. The van der Waals surface area contributed by atoms with Crippen molar-refractivity contribution in [2.45, 2.75) is 18.9 Å². The molecular formula is C16H19BrN2O2. The second kappa shape index (κ2) is 6.20. The van der Waals surface area contributed by atoms with E-state index in [4.69, 9.17) is 0 Å². The van der Waals surface area contributed by atoms with Crippen LogP contribution in [-0.2, 0) is 11.2 Å². The number of benzene rings is 1. The number of para-hydroxylation sites is 1. The summed E-state index contributed by atoms with van der Waals surface area (Å²) in [7, 11) is 0. The number of carbonyl (C=O) groups is 1. The lowest BCUT2D eigenvalue weighted by Crippen LogP contribution is -2.40. The molecule has 1 fully saturated rings. The third-order valence-electron chi connectivity index (χ3n) is 4.24. The van der Waals surface area contributed by atoms with Gasteiger partial charge in [-0.25, -0.2) is 0 Å². The summed E-state index contributed by atoms with van der Waals surface area (Å²) in [6, 6.07) is 7.98. The normalized spacial score (nSPS) is 20.4. The summed E-state index contributed by atoms with van der Waals surface area (Å²) >= 11 is 3.45. The van der Waals surface area contributed by atoms with Crippen LogP contribution in [0.15, 0.2) is 30.5 Å². The van der Waals surface area contributed by atoms with E-state index in [1.165, 1.54) is 5.39 Å². The van der Waals surface area contributed by atoms with Gasteiger partial charge in [0.15, 0.2) is 0 Å². The molecule has 1 saturated heterocycles. The molecule has 2 atom stereocenters. The van der Waals surface area contributed by atoms with Crippen LogP contribution in [0.5, 0.6) is 0 Å². The average molecular weight is 351 g/mol. The van der Waals surface area contributed by atoms with E-state index in [9.17, 15) is 9.90 Å². The monoisotopic (exact) mass is 350 g/mol. The lowest BCUT2D eigenvalue weighted by atomic mass is 10.0. The van der Waals surface area contributed by atoms with E-state index in [0.717, 1.165) is 23.0 Å². The third-order valence-corrected chi connectivity index (χ3v) is 5.15. The molecule has 1 aliphatic rings. The standard InChI is InChI=1S/C16H19BrN2O2/c17-7-11-5-16(21)19(9-11)13(10-20)6-12-8-18-15-4-2-1-3-14(12)15/h1-4,8,11,13,18,20H,5-7,9-10H2. The van der Waals surface area contributed by atoms with Crippen molar-refractivity contribution in [2.24, 2.45) is 5.92 Å². The zero-order chi connectivity index (χ0) is 14.8. The highest BCUT2D eigenvalue weighted by Gasteiger charge is 2.33. The molecule has 4 nitrogen and oxygen atoms in total. The van der Waals surface area contributed by atoms with Crippen LogP contribution in [0.2, 0.25) is 0 Å². The van der Waals surface area contributed by atoms with E-state index in [0.29, 0.717) is 18.8 Å². The summed E-state index contributed by atoms with van der Waals surface area (Å²) in [5.74, 6) is 0.507. The molecule has 21 heavy (non-hydrogen) atoms. The molecule has 0 radical (unpaired) electrons. The van der Waals surface area contributed by atoms with Crippen LogP contribution in [0.1, 0.15) is 12.0 Å². The van der Waals surface area contributed by atoms with Crippen LogP contribution in [0.25, 0.3) is 10.9 Å². The Morgan fingerprint density at radius 1 is 1.43 bits per heavy atom. The van der Waals surface area contributed by atoms with E-state index in [2.05, 4.69) is 27.0 Å². The largest absolute Gasteiger partial charge is 0.394 e. The first-order chi connectivity index (χ1) is 10.2. The lowest BCUT2D eigenvalue weighted by molar-refractivity contribution is -0.130. The van der Waals surface area contributed by atoms with Crippen LogP contribution in [-0.4, -0.2) is 45.4 Å². The number of fused-ring (bicyclic) bond motifs is 1. The number of aromatic amines is 1. The summed E-state index contributed by atoms with van der Waals surface area (Å²) in [6.07, 6.45) is 3.24. The predicted molar refractivity (Wildman–Crippen MR) is 86.5 cm³/mol. The Hall–Kier alpha value is -1.33. The fourth-order valence-electron chi connectivity index (χ4n) is 3.09. The van der Waals surface area contributed by atoms with E-state index < -0.39 is 0 Å². The van der Waals surface area contributed by atoms with Crippen LogP contribution >= 0.6 is 15.9 Å². The number of aliphatic hydroxyl groups excluding tert-OH is 1. The van der Waals surface area contributed by atoms with Gasteiger partial charge >= 0.3 is 0 Å². The molecule has 3 rings (SSSR count). The minimum Gasteiger partial charge on any atom is -0.394 e. The Morgan fingerprint density at radius 2 is 2.24 bits per heavy atom. The molecule has 2 aromatic rings. The zero-order valence-corrected chi connectivity index (χ0v) is 13.3. The second-order valence-corrected chi connectivity index (χ2v) is 6.32. The highest BCUT2D eigenvalue weighted by molar-refractivity contribution is 9.09. The van der Waals surface area contributed by atoms with Crippen molar-refractivity contribution in [3.8, 4) is 0 Å². The summed E-state index contributed by atoms with van der Waals surface area (Å²) in [5, 5.41) is 11.7. The Bertz CT molecular complexity index is 640. The van der Waals surface area contributed by atoms with Crippen LogP contribution in [0.4, 0.5) is 0 Å². The predicted octanol–water partition coefficient (Wildman–Crippen LogP) is 2.31. The fourth-order valence-corrected chi connectivity index (χ4v) is 3.53. The van der Waals surface area contributed by atoms with Gasteiger partial charge in [0.05, 0.1) is 12.6 Å². The maximum Gasteiger partial charge on any atom is 0.223 e. The number of amides is 1. The molecule has 0 saturated carbocycles. The van der Waals surface area contributed by atoms with Crippen LogP contribution < -0.4 is 0 Å². The maximum atomic E-state index is 12.1. The van der Waals surface area contributed by atoms with E-state index in [-0.39, 0.29) is 18.6 Å². The van der Waals surface area contributed by atoms with Gasteiger partial charge in [-0.2, -0.15) is 0 Å². The number of carbonyl (C=O) groups excluding carboxylic acids is 1. The molecule has 0 aliphatic carbocycles. The lowest BCUT2D eigenvalue weighted by Gasteiger charge is -2.26. The van der Waals surface area contributed by atoms with Crippen molar-refractivity contribution in [2.75, 3.05) is 18.5 Å². The van der Waals surface area contributed by atoms with Crippen molar-refractivity contribution in [1.82, 2.24) is 9.88 Å². The first-order valence-corrected chi connectivity index (χ1v) is 8.36. The van der Waals surface area contributed by atoms with E-state index in [1.54, 1.807) is 0 Å².